The Kier molecular flexibility index (Phi) is 3.60. The first-order chi connectivity index (χ1) is 12.1. The van der Waals surface area contributed by atoms with Gasteiger partial charge in [0.2, 0.25) is 5.88 Å². The molecule has 5 heteroatoms. The van der Waals surface area contributed by atoms with Crippen LogP contribution in [0.5, 0.6) is 5.75 Å². The highest BCUT2D eigenvalue weighted by atomic mass is 16.5. The van der Waals surface area contributed by atoms with Gasteiger partial charge in [0.05, 0.1) is 25.3 Å². The lowest BCUT2D eigenvalue weighted by atomic mass is 9.66. The van der Waals surface area contributed by atoms with Gasteiger partial charge in [-0.05, 0) is 54.8 Å². The van der Waals surface area contributed by atoms with Crippen LogP contribution >= 0.6 is 0 Å². The highest BCUT2D eigenvalue weighted by Gasteiger charge is 2.54. The standard InChI is InChI=1S/C20H22N2O3/c1-13-12-18(25-3)21-19-16(24-2)8-9-17-20(13,19)10-11-22(17)14-4-6-15(23)7-5-14/h4-9,12-13,23H,10-11H2,1-3H3. The summed E-state index contributed by atoms with van der Waals surface area (Å²) in [5, 5.41) is 9.58. The molecule has 2 unspecified atom stereocenters. The SMILES string of the molecule is COC1=CC(C)C23CCN(c4ccc(O)cc4)C2=CC=C(OC)C3=N1. The van der Waals surface area contributed by atoms with Crippen LogP contribution < -0.4 is 4.90 Å². The first kappa shape index (κ1) is 15.8. The number of ether oxygens (including phenoxy) is 2. The summed E-state index contributed by atoms with van der Waals surface area (Å²) < 4.78 is 11.0. The molecular weight excluding hydrogens is 316 g/mol. The number of methoxy groups -OCH3 is 2. The van der Waals surface area contributed by atoms with Crippen molar-refractivity contribution >= 4 is 11.4 Å². The van der Waals surface area contributed by atoms with E-state index in [1.807, 2.05) is 18.2 Å². The lowest BCUT2D eigenvalue weighted by Gasteiger charge is -2.42. The van der Waals surface area contributed by atoms with Gasteiger partial charge in [-0.3, -0.25) is 0 Å². The Hall–Kier alpha value is -2.69. The molecule has 2 aliphatic heterocycles. The highest BCUT2D eigenvalue weighted by molar-refractivity contribution is 6.08. The number of phenolic OH excluding ortho intramolecular Hbond substituents is 1. The number of anilines is 1. The molecule has 0 aromatic heterocycles. The molecular formula is C20H22N2O3. The predicted molar refractivity (Wildman–Crippen MR) is 97.4 cm³/mol. The van der Waals surface area contributed by atoms with E-state index in [4.69, 9.17) is 14.5 Å². The van der Waals surface area contributed by atoms with Gasteiger partial charge in [0.1, 0.15) is 11.5 Å². The van der Waals surface area contributed by atoms with E-state index in [0.717, 1.165) is 30.1 Å². The van der Waals surface area contributed by atoms with Gasteiger partial charge >= 0.3 is 0 Å². The van der Waals surface area contributed by atoms with Crippen molar-refractivity contribution in [1.29, 1.82) is 0 Å². The number of hydrogen-bond donors (Lipinski definition) is 1. The third-order valence-electron chi connectivity index (χ3n) is 5.51. The number of allylic oxidation sites excluding steroid dienone is 5. The zero-order chi connectivity index (χ0) is 17.6. The second-order valence-electron chi connectivity index (χ2n) is 6.63. The number of aliphatic imine (C=N–C) groups is 1. The average Bonchev–Trinajstić information content (AvgIpc) is 3.02. The van der Waals surface area contributed by atoms with Crippen molar-refractivity contribution in [2.45, 2.75) is 13.3 Å². The average molecular weight is 338 g/mol. The lowest BCUT2D eigenvalue weighted by Crippen LogP contribution is -2.43. The van der Waals surface area contributed by atoms with Gasteiger partial charge in [-0.1, -0.05) is 6.92 Å². The van der Waals surface area contributed by atoms with Gasteiger partial charge in [-0.15, -0.1) is 0 Å². The van der Waals surface area contributed by atoms with Crippen LogP contribution in [-0.2, 0) is 9.47 Å². The van der Waals surface area contributed by atoms with Crippen molar-refractivity contribution in [3.63, 3.8) is 0 Å². The van der Waals surface area contributed by atoms with Crippen LogP contribution in [0.1, 0.15) is 13.3 Å². The summed E-state index contributed by atoms with van der Waals surface area (Å²) in [6, 6.07) is 7.35. The molecule has 1 aliphatic carbocycles. The molecule has 4 rings (SSSR count). The van der Waals surface area contributed by atoms with Crippen LogP contribution in [0.3, 0.4) is 0 Å². The Bertz CT molecular complexity index is 820. The Labute approximate surface area is 147 Å². The Balaban J connectivity index is 1.83. The number of aromatic hydroxyl groups is 1. The Morgan fingerprint density at radius 2 is 1.92 bits per heavy atom. The van der Waals surface area contributed by atoms with Gasteiger partial charge in [0, 0.05) is 17.9 Å². The van der Waals surface area contributed by atoms with Crippen LogP contribution in [-0.4, -0.2) is 31.6 Å². The minimum atomic E-state index is -0.208. The lowest BCUT2D eigenvalue weighted by molar-refractivity contribution is 0.257. The van der Waals surface area contributed by atoms with Crippen LogP contribution in [0.25, 0.3) is 0 Å². The number of benzene rings is 1. The van der Waals surface area contributed by atoms with E-state index in [2.05, 4.69) is 24.0 Å². The minimum absolute atomic E-state index is 0.208. The minimum Gasteiger partial charge on any atom is -0.508 e. The van der Waals surface area contributed by atoms with Crippen LogP contribution in [0.15, 0.2) is 64.8 Å². The maximum atomic E-state index is 9.58. The molecule has 1 N–H and O–H groups in total. The molecule has 1 spiro atoms. The van der Waals surface area contributed by atoms with Crippen molar-refractivity contribution in [2.24, 2.45) is 16.3 Å². The molecule has 2 atom stereocenters. The summed E-state index contributed by atoms with van der Waals surface area (Å²) in [4.78, 5) is 7.06. The van der Waals surface area contributed by atoms with E-state index < -0.39 is 0 Å². The fourth-order valence-corrected chi connectivity index (χ4v) is 4.22. The van der Waals surface area contributed by atoms with E-state index in [0.29, 0.717) is 5.88 Å². The van der Waals surface area contributed by atoms with Gasteiger partial charge < -0.3 is 19.5 Å². The molecule has 5 nitrogen and oxygen atoms in total. The molecule has 1 saturated heterocycles. The summed E-state index contributed by atoms with van der Waals surface area (Å²) in [6.45, 7) is 3.10. The Morgan fingerprint density at radius 3 is 2.60 bits per heavy atom. The van der Waals surface area contributed by atoms with Crippen molar-refractivity contribution in [1.82, 2.24) is 0 Å². The summed E-state index contributed by atoms with van der Waals surface area (Å²) in [7, 11) is 3.33. The molecule has 3 aliphatic rings. The summed E-state index contributed by atoms with van der Waals surface area (Å²) in [5.74, 6) is 1.95. The molecule has 1 aromatic carbocycles. The van der Waals surface area contributed by atoms with E-state index >= 15 is 0 Å². The van der Waals surface area contributed by atoms with Gasteiger partial charge in [0.25, 0.3) is 0 Å². The fourth-order valence-electron chi connectivity index (χ4n) is 4.22. The van der Waals surface area contributed by atoms with Crippen molar-refractivity contribution in [3.8, 4) is 5.75 Å². The zero-order valence-corrected chi connectivity index (χ0v) is 14.7. The first-order valence-electron chi connectivity index (χ1n) is 8.48. The predicted octanol–water partition coefficient (Wildman–Crippen LogP) is 3.60. The topological polar surface area (TPSA) is 54.3 Å². The summed E-state index contributed by atoms with van der Waals surface area (Å²) >= 11 is 0. The summed E-state index contributed by atoms with van der Waals surface area (Å²) in [5.41, 5.74) is 3.03. The number of nitrogens with zero attached hydrogens (tertiary/aromatic N) is 2. The maximum absolute atomic E-state index is 9.58. The van der Waals surface area contributed by atoms with Gasteiger partial charge in [-0.2, -0.15) is 0 Å². The smallest absolute Gasteiger partial charge is 0.209 e. The monoisotopic (exact) mass is 338 g/mol. The fraction of sp³-hybridized carbons (Fsp3) is 0.350. The third kappa shape index (κ3) is 2.18. The molecule has 1 fully saturated rings. The van der Waals surface area contributed by atoms with E-state index in [9.17, 15) is 5.11 Å². The Morgan fingerprint density at radius 1 is 1.16 bits per heavy atom. The van der Waals surface area contributed by atoms with Gasteiger partial charge in [0.15, 0.2) is 0 Å². The van der Waals surface area contributed by atoms with Crippen molar-refractivity contribution in [3.05, 3.63) is 59.8 Å². The highest BCUT2D eigenvalue weighted by Crippen LogP contribution is 2.54. The van der Waals surface area contributed by atoms with Crippen LogP contribution in [0, 0.1) is 11.3 Å². The molecule has 1 aromatic rings. The van der Waals surface area contributed by atoms with Crippen molar-refractivity contribution in [2.75, 3.05) is 25.7 Å². The van der Waals surface area contributed by atoms with Gasteiger partial charge in [-0.25, -0.2) is 4.99 Å². The number of rotatable bonds is 3. The number of phenols is 1. The molecule has 0 amide bonds. The quantitative estimate of drug-likeness (QED) is 0.915. The second kappa shape index (κ2) is 5.69. The maximum Gasteiger partial charge on any atom is 0.209 e. The van der Waals surface area contributed by atoms with Crippen LogP contribution in [0.4, 0.5) is 5.69 Å². The van der Waals surface area contributed by atoms with E-state index in [-0.39, 0.29) is 17.1 Å². The number of hydrogen-bond acceptors (Lipinski definition) is 5. The molecule has 0 saturated carbocycles. The molecule has 130 valence electrons. The van der Waals surface area contributed by atoms with Crippen LogP contribution in [0.2, 0.25) is 0 Å². The largest absolute Gasteiger partial charge is 0.508 e. The normalized spacial score (nSPS) is 27.5. The molecule has 25 heavy (non-hydrogen) atoms. The zero-order valence-electron chi connectivity index (χ0n) is 14.7. The third-order valence-corrected chi connectivity index (χ3v) is 5.51. The van der Waals surface area contributed by atoms with Crippen molar-refractivity contribution < 1.29 is 14.6 Å². The summed E-state index contributed by atoms with van der Waals surface area (Å²) in [6.07, 6.45) is 7.17. The molecule has 0 radical (unpaired) electrons. The van der Waals surface area contributed by atoms with E-state index in [1.165, 1.54) is 5.70 Å². The first-order valence-corrected chi connectivity index (χ1v) is 8.48. The van der Waals surface area contributed by atoms with E-state index in [1.54, 1.807) is 26.4 Å². The molecule has 2 heterocycles. The molecule has 0 bridgehead atoms. The second-order valence-corrected chi connectivity index (χ2v) is 6.63.